The number of amides is 2. The molecule has 0 saturated carbocycles. The number of hydrogen-bond donors (Lipinski definition) is 0. The number of anilines is 2. The Balaban J connectivity index is 1.69. The molecule has 0 spiro atoms. The fourth-order valence-electron chi connectivity index (χ4n) is 4.18. The summed E-state index contributed by atoms with van der Waals surface area (Å²) in [7, 11) is 1.84. The first-order valence-corrected chi connectivity index (χ1v) is 8.19. The van der Waals surface area contributed by atoms with E-state index in [4.69, 9.17) is 4.74 Å². The first kappa shape index (κ1) is 14.4. The van der Waals surface area contributed by atoms with Gasteiger partial charge in [-0.1, -0.05) is 12.1 Å². The summed E-state index contributed by atoms with van der Waals surface area (Å²) < 4.78 is 5.15. The minimum Gasteiger partial charge on any atom is -0.450 e. The molecule has 1 aromatic carbocycles. The van der Waals surface area contributed by atoms with Crippen molar-refractivity contribution in [3.05, 3.63) is 23.8 Å². The minimum absolute atomic E-state index is 0.128. The van der Waals surface area contributed by atoms with Crippen molar-refractivity contribution in [3.63, 3.8) is 0 Å². The molecule has 23 heavy (non-hydrogen) atoms. The zero-order valence-electron chi connectivity index (χ0n) is 13.5. The molecule has 6 nitrogen and oxygen atoms in total. The summed E-state index contributed by atoms with van der Waals surface area (Å²) in [5.74, 6) is 0.380. The SMILES string of the molecule is CCOC(=O)N1CCC2C(C1)c1cccc3c1N2CC(=O)N3C. The molecular formula is C17H21N3O3. The van der Waals surface area contributed by atoms with Gasteiger partial charge in [0.2, 0.25) is 5.91 Å². The molecular weight excluding hydrogens is 294 g/mol. The lowest BCUT2D eigenvalue weighted by Crippen LogP contribution is -2.52. The predicted molar refractivity (Wildman–Crippen MR) is 86.9 cm³/mol. The van der Waals surface area contributed by atoms with Gasteiger partial charge in [0.1, 0.15) is 0 Å². The number of para-hydroxylation sites is 1. The van der Waals surface area contributed by atoms with Crippen LogP contribution >= 0.6 is 0 Å². The van der Waals surface area contributed by atoms with E-state index < -0.39 is 0 Å². The number of carbonyl (C=O) groups is 2. The Bertz CT molecular complexity index is 675. The van der Waals surface area contributed by atoms with Gasteiger partial charge in [0.25, 0.3) is 0 Å². The summed E-state index contributed by atoms with van der Waals surface area (Å²) in [6, 6.07) is 6.44. The first-order chi connectivity index (χ1) is 11.1. The Labute approximate surface area is 135 Å². The van der Waals surface area contributed by atoms with E-state index in [1.165, 1.54) is 11.3 Å². The molecule has 0 aromatic heterocycles. The number of rotatable bonds is 1. The summed E-state index contributed by atoms with van der Waals surface area (Å²) >= 11 is 0. The maximum atomic E-state index is 12.3. The molecule has 0 radical (unpaired) electrons. The van der Waals surface area contributed by atoms with Crippen LogP contribution in [0.25, 0.3) is 0 Å². The maximum Gasteiger partial charge on any atom is 0.409 e. The zero-order valence-corrected chi connectivity index (χ0v) is 13.5. The van der Waals surface area contributed by atoms with E-state index in [0.29, 0.717) is 32.3 Å². The van der Waals surface area contributed by atoms with Crippen LogP contribution in [-0.4, -0.2) is 56.2 Å². The fraction of sp³-hybridized carbons (Fsp3) is 0.529. The summed E-state index contributed by atoms with van der Waals surface area (Å²) in [4.78, 5) is 30.1. The van der Waals surface area contributed by atoms with Crippen LogP contribution in [0.3, 0.4) is 0 Å². The molecule has 1 saturated heterocycles. The molecule has 2 unspecified atom stereocenters. The number of nitrogens with zero attached hydrogens (tertiary/aromatic N) is 3. The Morgan fingerprint density at radius 3 is 3.00 bits per heavy atom. The van der Waals surface area contributed by atoms with Crippen molar-refractivity contribution in [3.8, 4) is 0 Å². The molecule has 3 aliphatic heterocycles. The third-order valence-electron chi connectivity index (χ3n) is 5.28. The van der Waals surface area contributed by atoms with Gasteiger partial charge in [0.05, 0.1) is 24.5 Å². The lowest BCUT2D eigenvalue weighted by molar-refractivity contribution is -0.117. The van der Waals surface area contributed by atoms with Crippen LogP contribution in [0.15, 0.2) is 18.2 Å². The minimum atomic E-state index is -0.231. The monoisotopic (exact) mass is 315 g/mol. The van der Waals surface area contributed by atoms with Crippen molar-refractivity contribution in [2.45, 2.75) is 25.3 Å². The van der Waals surface area contributed by atoms with Crippen molar-refractivity contribution in [1.82, 2.24) is 4.90 Å². The van der Waals surface area contributed by atoms with E-state index in [1.807, 2.05) is 26.1 Å². The number of likely N-dealkylation sites (tertiary alicyclic amines) is 1. The third-order valence-corrected chi connectivity index (χ3v) is 5.28. The van der Waals surface area contributed by atoms with Crippen LogP contribution in [0.2, 0.25) is 0 Å². The van der Waals surface area contributed by atoms with Crippen molar-refractivity contribution in [1.29, 1.82) is 0 Å². The molecule has 3 heterocycles. The topological polar surface area (TPSA) is 53.1 Å². The standard InChI is InChI=1S/C17H21N3O3/c1-3-23-17(22)19-8-7-13-12(9-19)11-5-4-6-14-16(11)20(13)10-15(21)18(14)2/h4-6,12-13H,3,7-10H2,1-2H3. The summed E-state index contributed by atoms with van der Waals surface area (Å²) in [5.41, 5.74) is 3.41. The van der Waals surface area contributed by atoms with Gasteiger partial charge in [-0.05, 0) is 25.0 Å². The number of piperidine rings is 1. The number of ether oxygens (including phenoxy) is 1. The van der Waals surface area contributed by atoms with E-state index in [2.05, 4.69) is 11.0 Å². The highest BCUT2D eigenvalue weighted by Crippen LogP contribution is 2.50. The molecule has 2 amide bonds. The van der Waals surface area contributed by atoms with E-state index in [0.717, 1.165) is 12.1 Å². The van der Waals surface area contributed by atoms with Gasteiger partial charge in [0, 0.05) is 32.1 Å². The number of likely N-dealkylation sites (N-methyl/N-ethyl adjacent to an activating group) is 1. The van der Waals surface area contributed by atoms with E-state index in [-0.39, 0.29) is 17.9 Å². The second kappa shape index (κ2) is 5.15. The highest BCUT2D eigenvalue weighted by atomic mass is 16.6. The van der Waals surface area contributed by atoms with Gasteiger partial charge in [-0.3, -0.25) is 4.79 Å². The van der Waals surface area contributed by atoms with E-state index in [9.17, 15) is 9.59 Å². The van der Waals surface area contributed by atoms with E-state index >= 15 is 0 Å². The quantitative estimate of drug-likeness (QED) is 0.793. The molecule has 1 fully saturated rings. The average Bonchev–Trinajstić information content (AvgIpc) is 2.87. The molecule has 0 bridgehead atoms. The summed E-state index contributed by atoms with van der Waals surface area (Å²) in [5, 5.41) is 0. The van der Waals surface area contributed by atoms with Gasteiger partial charge >= 0.3 is 6.09 Å². The Hall–Kier alpha value is -2.24. The van der Waals surface area contributed by atoms with Crippen LogP contribution in [0.5, 0.6) is 0 Å². The highest BCUT2D eigenvalue weighted by molar-refractivity contribution is 6.04. The van der Waals surface area contributed by atoms with Crippen molar-refractivity contribution in [2.75, 3.05) is 43.1 Å². The molecule has 0 aliphatic carbocycles. The van der Waals surface area contributed by atoms with Crippen molar-refractivity contribution in [2.24, 2.45) is 0 Å². The normalized spacial score (nSPS) is 25.3. The van der Waals surface area contributed by atoms with Gasteiger partial charge in [-0.15, -0.1) is 0 Å². The van der Waals surface area contributed by atoms with Crippen molar-refractivity contribution < 1.29 is 14.3 Å². The molecule has 0 N–H and O–H groups in total. The second-order valence-corrected chi connectivity index (χ2v) is 6.40. The Kier molecular flexibility index (Phi) is 3.21. The molecule has 3 aliphatic rings. The fourth-order valence-corrected chi connectivity index (χ4v) is 4.18. The lowest BCUT2D eigenvalue weighted by Gasteiger charge is -2.40. The molecule has 1 aromatic rings. The number of fused-ring (bicyclic) bond motifs is 3. The van der Waals surface area contributed by atoms with Crippen LogP contribution in [-0.2, 0) is 9.53 Å². The third kappa shape index (κ3) is 2.00. The van der Waals surface area contributed by atoms with E-state index in [1.54, 1.807) is 9.80 Å². The first-order valence-electron chi connectivity index (χ1n) is 8.19. The zero-order chi connectivity index (χ0) is 16.1. The van der Waals surface area contributed by atoms with Gasteiger partial charge in [0.15, 0.2) is 0 Å². The molecule has 4 rings (SSSR count). The second-order valence-electron chi connectivity index (χ2n) is 6.40. The largest absolute Gasteiger partial charge is 0.450 e. The van der Waals surface area contributed by atoms with Gasteiger partial charge in [-0.2, -0.15) is 0 Å². The maximum absolute atomic E-state index is 12.3. The number of hydrogen-bond acceptors (Lipinski definition) is 4. The predicted octanol–water partition coefficient (Wildman–Crippen LogP) is 1.80. The highest BCUT2D eigenvalue weighted by Gasteiger charge is 2.47. The molecule has 6 heteroatoms. The Morgan fingerprint density at radius 2 is 2.22 bits per heavy atom. The summed E-state index contributed by atoms with van der Waals surface area (Å²) in [6.45, 7) is 4.00. The van der Waals surface area contributed by atoms with Crippen molar-refractivity contribution >= 4 is 23.4 Å². The number of benzene rings is 1. The molecule has 122 valence electrons. The number of carbonyl (C=O) groups excluding carboxylic acids is 2. The van der Waals surface area contributed by atoms with Gasteiger partial charge in [-0.25, -0.2) is 4.79 Å². The van der Waals surface area contributed by atoms with Crippen LogP contribution in [0.4, 0.5) is 16.2 Å². The average molecular weight is 315 g/mol. The van der Waals surface area contributed by atoms with Crippen LogP contribution < -0.4 is 9.80 Å². The smallest absolute Gasteiger partial charge is 0.409 e. The lowest BCUT2D eigenvalue weighted by atomic mass is 9.89. The van der Waals surface area contributed by atoms with Crippen LogP contribution in [0, 0.1) is 0 Å². The summed E-state index contributed by atoms with van der Waals surface area (Å²) in [6.07, 6.45) is 0.638. The molecule has 2 atom stereocenters. The Morgan fingerprint density at radius 1 is 1.39 bits per heavy atom. The van der Waals surface area contributed by atoms with Crippen LogP contribution in [0.1, 0.15) is 24.8 Å². The van der Waals surface area contributed by atoms with Gasteiger partial charge < -0.3 is 19.4 Å².